The molecule has 1 N–H and O–H groups in total. The third-order valence-corrected chi connectivity index (χ3v) is 4.08. The van der Waals surface area contributed by atoms with Crippen molar-refractivity contribution in [1.29, 1.82) is 0 Å². The molecule has 27 heavy (non-hydrogen) atoms. The van der Waals surface area contributed by atoms with Crippen molar-refractivity contribution in [2.24, 2.45) is 0 Å². The molecule has 0 spiro atoms. The summed E-state index contributed by atoms with van der Waals surface area (Å²) in [7, 11) is 0. The van der Waals surface area contributed by atoms with Crippen LogP contribution in [0.15, 0.2) is 18.2 Å². The molecule has 2 amide bonds. The molecule has 0 aliphatic carbocycles. The highest BCUT2D eigenvalue weighted by atomic mass is 35.5. The van der Waals surface area contributed by atoms with Crippen molar-refractivity contribution < 1.29 is 32.6 Å². The summed E-state index contributed by atoms with van der Waals surface area (Å²) >= 11 is 5.79. The number of carbonyl (C=O) groups excluding carboxylic acids is 3. The zero-order valence-corrected chi connectivity index (χ0v) is 15.1. The monoisotopic (exact) mass is 404 g/mol. The molecule has 1 aromatic carbocycles. The SMILES string of the molecule is O=C(COC(=O)CN1CCCCCC1=O)Nc1ccc(OC(F)F)c(Cl)c1. The van der Waals surface area contributed by atoms with Crippen molar-refractivity contribution >= 4 is 35.1 Å². The first-order valence-corrected chi connectivity index (χ1v) is 8.70. The molecule has 0 saturated carbocycles. The molecule has 1 aromatic rings. The minimum absolute atomic E-state index is 0.102. The largest absolute Gasteiger partial charge is 0.454 e. The Morgan fingerprint density at radius 3 is 2.74 bits per heavy atom. The molecule has 0 aromatic heterocycles. The van der Waals surface area contributed by atoms with Crippen LogP contribution in [0.4, 0.5) is 14.5 Å². The third kappa shape index (κ3) is 7.01. The van der Waals surface area contributed by atoms with E-state index in [4.69, 9.17) is 16.3 Å². The van der Waals surface area contributed by atoms with E-state index in [1.165, 1.54) is 23.1 Å². The van der Waals surface area contributed by atoms with Gasteiger partial charge in [0, 0.05) is 18.7 Å². The second kappa shape index (κ2) is 10.1. The van der Waals surface area contributed by atoms with Crippen LogP contribution in [0.2, 0.25) is 5.02 Å². The molecule has 10 heteroatoms. The number of halogens is 3. The molecule has 1 aliphatic heterocycles. The molecular weight excluding hydrogens is 386 g/mol. The molecular formula is C17H19ClF2N2O5. The molecule has 1 aliphatic rings. The maximum Gasteiger partial charge on any atom is 0.387 e. The van der Waals surface area contributed by atoms with Crippen LogP contribution < -0.4 is 10.1 Å². The molecule has 7 nitrogen and oxygen atoms in total. The summed E-state index contributed by atoms with van der Waals surface area (Å²) in [6, 6.07) is 3.73. The normalized spacial score (nSPS) is 14.7. The number of esters is 1. The zero-order chi connectivity index (χ0) is 19.8. The molecule has 148 valence electrons. The number of nitrogens with zero attached hydrogens (tertiary/aromatic N) is 1. The summed E-state index contributed by atoms with van der Waals surface area (Å²) in [5, 5.41) is 2.31. The lowest BCUT2D eigenvalue weighted by Gasteiger charge is -2.19. The van der Waals surface area contributed by atoms with E-state index in [0.29, 0.717) is 13.0 Å². The lowest BCUT2D eigenvalue weighted by atomic mass is 10.2. The summed E-state index contributed by atoms with van der Waals surface area (Å²) in [4.78, 5) is 36.9. The second-order valence-corrected chi connectivity index (χ2v) is 6.27. The van der Waals surface area contributed by atoms with Gasteiger partial charge in [0.05, 0.1) is 5.02 Å². The Morgan fingerprint density at radius 2 is 2.04 bits per heavy atom. The summed E-state index contributed by atoms with van der Waals surface area (Å²) in [6.45, 7) is -3.27. The fourth-order valence-electron chi connectivity index (χ4n) is 2.52. The van der Waals surface area contributed by atoms with Crippen LogP contribution in [0, 0.1) is 0 Å². The summed E-state index contributed by atoms with van der Waals surface area (Å²) in [6.07, 6.45) is 2.96. The first-order valence-electron chi connectivity index (χ1n) is 8.33. The summed E-state index contributed by atoms with van der Waals surface area (Å²) in [5.41, 5.74) is 0.227. The van der Waals surface area contributed by atoms with Gasteiger partial charge in [-0.05, 0) is 31.0 Å². The summed E-state index contributed by atoms with van der Waals surface area (Å²) < 4.78 is 33.4. The lowest BCUT2D eigenvalue weighted by molar-refractivity contribution is -0.151. The van der Waals surface area contributed by atoms with E-state index in [1.807, 2.05) is 0 Å². The third-order valence-electron chi connectivity index (χ3n) is 3.79. The van der Waals surface area contributed by atoms with Crippen LogP contribution in [0.1, 0.15) is 25.7 Å². The predicted octanol–water partition coefficient (Wildman–Crippen LogP) is 2.83. The van der Waals surface area contributed by atoms with Crippen LogP contribution in [0.25, 0.3) is 0 Å². The van der Waals surface area contributed by atoms with Crippen molar-refractivity contribution in [3.8, 4) is 5.75 Å². The van der Waals surface area contributed by atoms with Crippen LogP contribution in [-0.2, 0) is 19.1 Å². The van der Waals surface area contributed by atoms with E-state index in [9.17, 15) is 23.2 Å². The number of anilines is 1. The number of carbonyl (C=O) groups is 3. The molecule has 2 rings (SSSR count). The Kier molecular flexibility index (Phi) is 7.78. The van der Waals surface area contributed by atoms with Crippen LogP contribution >= 0.6 is 11.6 Å². The van der Waals surface area contributed by atoms with E-state index in [1.54, 1.807) is 0 Å². The quantitative estimate of drug-likeness (QED) is 0.706. The van der Waals surface area contributed by atoms with E-state index in [2.05, 4.69) is 10.1 Å². The van der Waals surface area contributed by atoms with Crippen molar-refractivity contribution in [3.63, 3.8) is 0 Å². The van der Waals surface area contributed by atoms with Crippen molar-refractivity contribution in [2.45, 2.75) is 32.3 Å². The van der Waals surface area contributed by atoms with Crippen molar-refractivity contribution in [2.75, 3.05) is 25.0 Å². The predicted molar refractivity (Wildman–Crippen MR) is 92.7 cm³/mol. The van der Waals surface area contributed by atoms with Gasteiger partial charge in [0.1, 0.15) is 12.3 Å². The van der Waals surface area contributed by atoms with Crippen molar-refractivity contribution in [1.82, 2.24) is 4.90 Å². The number of rotatable bonds is 7. The van der Waals surface area contributed by atoms with Crippen molar-refractivity contribution in [3.05, 3.63) is 23.2 Å². The molecule has 0 radical (unpaired) electrons. The number of ether oxygens (including phenoxy) is 2. The van der Waals surface area contributed by atoms with Gasteiger partial charge in [0.15, 0.2) is 6.61 Å². The number of alkyl halides is 2. The first-order chi connectivity index (χ1) is 12.8. The average Bonchev–Trinajstić information content (AvgIpc) is 2.80. The van der Waals surface area contributed by atoms with Gasteiger partial charge in [-0.1, -0.05) is 18.0 Å². The van der Waals surface area contributed by atoms with Crippen LogP contribution in [-0.4, -0.2) is 49.0 Å². The number of benzene rings is 1. The number of nitrogens with one attached hydrogen (secondary N) is 1. The molecule has 0 bridgehead atoms. The van der Waals surface area contributed by atoms with E-state index in [-0.39, 0.29) is 28.9 Å². The minimum atomic E-state index is -3.02. The van der Waals surface area contributed by atoms with Crippen LogP contribution in [0.5, 0.6) is 5.75 Å². The number of likely N-dealkylation sites (tertiary alicyclic amines) is 1. The maximum absolute atomic E-state index is 12.2. The van der Waals surface area contributed by atoms with Gasteiger partial charge in [0.25, 0.3) is 5.91 Å². The second-order valence-electron chi connectivity index (χ2n) is 5.86. The van der Waals surface area contributed by atoms with Gasteiger partial charge in [-0.2, -0.15) is 8.78 Å². The molecule has 0 atom stereocenters. The topological polar surface area (TPSA) is 84.9 Å². The molecule has 0 unspecified atom stereocenters. The first kappa shape index (κ1) is 20.9. The highest BCUT2D eigenvalue weighted by Gasteiger charge is 2.20. The average molecular weight is 405 g/mol. The Bertz CT molecular complexity index is 702. The maximum atomic E-state index is 12.2. The van der Waals surface area contributed by atoms with E-state index < -0.39 is 25.1 Å². The number of hydrogen-bond acceptors (Lipinski definition) is 5. The van der Waals surface area contributed by atoms with Gasteiger partial charge >= 0.3 is 12.6 Å². The van der Waals surface area contributed by atoms with Gasteiger partial charge in [-0.3, -0.25) is 14.4 Å². The Balaban J connectivity index is 1.79. The number of hydrogen-bond donors (Lipinski definition) is 1. The van der Waals surface area contributed by atoms with E-state index in [0.717, 1.165) is 19.3 Å². The Morgan fingerprint density at radius 1 is 1.26 bits per heavy atom. The molecule has 1 saturated heterocycles. The van der Waals surface area contributed by atoms with Gasteiger partial charge in [-0.25, -0.2) is 0 Å². The fourth-order valence-corrected chi connectivity index (χ4v) is 2.75. The fraction of sp³-hybridized carbons (Fsp3) is 0.471. The summed E-state index contributed by atoms with van der Waals surface area (Å²) in [5.74, 6) is -1.64. The van der Waals surface area contributed by atoms with Gasteiger partial charge in [-0.15, -0.1) is 0 Å². The highest BCUT2D eigenvalue weighted by Crippen LogP contribution is 2.28. The molecule has 1 heterocycles. The standard InChI is InChI=1S/C17H19ClF2N2O5/c18-12-8-11(5-6-13(12)27-17(19)20)21-14(23)10-26-16(25)9-22-7-3-1-2-4-15(22)24/h5-6,8,17H,1-4,7,9-10H2,(H,21,23). The minimum Gasteiger partial charge on any atom is -0.454 e. The zero-order valence-electron chi connectivity index (χ0n) is 14.4. The van der Waals surface area contributed by atoms with E-state index >= 15 is 0 Å². The number of amides is 2. The highest BCUT2D eigenvalue weighted by molar-refractivity contribution is 6.32. The van der Waals surface area contributed by atoms with Gasteiger partial charge < -0.3 is 19.7 Å². The Labute approximate surface area is 159 Å². The van der Waals surface area contributed by atoms with Gasteiger partial charge in [0.2, 0.25) is 5.91 Å². The van der Waals surface area contributed by atoms with Crippen LogP contribution in [0.3, 0.4) is 0 Å². The molecule has 1 fully saturated rings. The lowest BCUT2D eigenvalue weighted by Crippen LogP contribution is -2.36. The Hall–Kier alpha value is -2.42. The smallest absolute Gasteiger partial charge is 0.387 e.